The molecule has 0 radical (unpaired) electrons. The highest BCUT2D eigenvalue weighted by Gasteiger charge is 2.31. The van der Waals surface area contributed by atoms with Crippen LogP contribution in [0.5, 0.6) is 0 Å². The number of carbonyl (C=O) groups excluding carboxylic acids is 1. The molecule has 0 saturated heterocycles. The standard InChI is InChI=1S/C17H26N2O/c1-5-7-8-9-19-16-11-13(4)12(3)10-15(16)18-14(6-2)17(19)20/h10-11,14,18H,5-9H2,1-4H3. The maximum Gasteiger partial charge on any atom is 0.249 e. The van der Waals surface area contributed by atoms with Crippen LogP contribution in [0.3, 0.4) is 0 Å². The molecule has 1 aliphatic heterocycles. The van der Waals surface area contributed by atoms with E-state index < -0.39 is 0 Å². The van der Waals surface area contributed by atoms with Gasteiger partial charge in [-0.3, -0.25) is 4.79 Å². The molecule has 20 heavy (non-hydrogen) atoms. The second-order valence-electron chi connectivity index (χ2n) is 5.76. The number of amides is 1. The zero-order valence-corrected chi connectivity index (χ0v) is 13.1. The SMILES string of the molecule is CCCCCN1C(=O)C(CC)Nc2cc(C)c(C)cc21. The molecule has 110 valence electrons. The van der Waals surface area contributed by atoms with Crippen molar-refractivity contribution in [2.45, 2.75) is 59.4 Å². The third kappa shape index (κ3) is 2.82. The summed E-state index contributed by atoms with van der Waals surface area (Å²) in [4.78, 5) is 14.6. The molecular weight excluding hydrogens is 248 g/mol. The Labute approximate surface area is 122 Å². The summed E-state index contributed by atoms with van der Waals surface area (Å²) in [5.74, 6) is 0.222. The Morgan fingerprint density at radius 2 is 1.85 bits per heavy atom. The van der Waals surface area contributed by atoms with Crippen LogP contribution in [0.2, 0.25) is 0 Å². The van der Waals surface area contributed by atoms with Gasteiger partial charge in [0.1, 0.15) is 6.04 Å². The number of hydrogen-bond donors (Lipinski definition) is 1. The molecule has 1 aromatic rings. The topological polar surface area (TPSA) is 32.3 Å². The number of anilines is 2. The Kier molecular flexibility index (Phi) is 4.69. The first kappa shape index (κ1) is 14.9. The highest BCUT2D eigenvalue weighted by molar-refractivity contribution is 6.05. The number of hydrogen-bond acceptors (Lipinski definition) is 2. The highest BCUT2D eigenvalue weighted by atomic mass is 16.2. The predicted octanol–water partition coefficient (Wildman–Crippen LogP) is 4.03. The lowest BCUT2D eigenvalue weighted by Crippen LogP contribution is -2.47. The normalized spacial score (nSPS) is 17.9. The second-order valence-corrected chi connectivity index (χ2v) is 5.76. The number of unbranched alkanes of at least 4 members (excludes halogenated alkanes) is 2. The quantitative estimate of drug-likeness (QED) is 0.822. The van der Waals surface area contributed by atoms with Crippen LogP contribution >= 0.6 is 0 Å². The maximum atomic E-state index is 12.6. The predicted molar refractivity (Wildman–Crippen MR) is 85.5 cm³/mol. The van der Waals surface area contributed by atoms with Gasteiger partial charge in [-0.2, -0.15) is 0 Å². The van der Waals surface area contributed by atoms with Crippen LogP contribution in [0.4, 0.5) is 11.4 Å². The first-order chi connectivity index (χ1) is 9.58. The summed E-state index contributed by atoms with van der Waals surface area (Å²) in [6, 6.07) is 4.24. The summed E-state index contributed by atoms with van der Waals surface area (Å²) in [7, 11) is 0. The molecule has 3 heteroatoms. The molecule has 1 heterocycles. The molecule has 1 unspecified atom stereocenters. The molecular formula is C17H26N2O. The molecule has 0 aromatic heterocycles. The lowest BCUT2D eigenvalue weighted by molar-refractivity contribution is -0.119. The van der Waals surface area contributed by atoms with Gasteiger partial charge in [0.05, 0.1) is 11.4 Å². The largest absolute Gasteiger partial charge is 0.372 e. The zero-order chi connectivity index (χ0) is 14.7. The average Bonchev–Trinajstić information content (AvgIpc) is 2.43. The van der Waals surface area contributed by atoms with Crippen LogP contribution < -0.4 is 10.2 Å². The fourth-order valence-corrected chi connectivity index (χ4v) is 2.72. The van der Waals surface area contributed by atoms with Gasteiger partial charge in [0.25, 0.3) is 0 Å². The van der Waals surface area contributed by atoms with Crippen LogP contribution in [0.15, 0.2) is 12.1 Å². The van der Waals surface area contributed by atoms with Gasteiger partial charge in [-0.05, 0) is 49.9 Å². The van der Waals surface area contributed by atoms with Gasteiger partial charge >= 0.3 is 0 Å². The second kappa shape index (κ2) is 6.29. The van der Waals surface area contributed by atoms with Gasteiger partial charge in [0.15, 0.2) is 0 Å². The molecule has 0 fully saturated rings. The van der Waals surface area contributed by atoms with Crippen LogP contribution in [0, 0.1) is 13.8 Å². The number of nitrogens with one attached hydrogen (secondary N) is 1. The van der Waals surface area contributed by atoms with Crippen molar-refractivity contribution in [3.63, 3.8) is 0 Å². The number of nitrogens with zero attached hydrogens (tertiary/aromatic N) is 1. The van der Waals surface area contributed by atoms with Crippen LogP contribution in [-0.2, 0) is 4.79 Å². The minimum Gasteiger partial charge on any atom is -0.372 e. The fraction of sp³-hybridized carbons (Fsp3) is 0.588. The Hall–Kier alpha value is -1.51. The van der Waals surface area contributed by atoms with Gasteiger partial charge in [0.2, 0.25) is 5.91 Å². The molecule has 1 amide bonds. The zero-order valence-electron chi connectivity index (χ0n) is 13.1. The molecule has 0 aliphatic carbocycles. The molecule has 1 aliphatic rings. The van der Waals surface area contributed by atoms with E-state index in [1.165, 1.54) is 24.0 Å². The van der Waals surface area contributed by atoms with E-state index in [1.807, 2.05) is 4.90 Å². The van der Waals surface area contributed by atoms with Crippen molar-refractivity contribution in [2.75, 3.05) is 16.8 Å². The number of rotatable bonds is 5. The van der Waals surface area contributed by atoms with E-state index in [-0.39, 0.29) is 11.9 Å². The highest BCUT2D eigenvalue weighted by Crippen LogP contribution is 2.34. The van der Waals surface area contributed by atoms with Crippen molar-refractivity contribution in [1.82, 2.24) is 0 Å². The van der Waals surface area contributed by atoms with Crippen molar-refractivity contribution in [2.24, 2.45) is 0 Å². The summed E-state index contributed by atoms with van der Waals surface area (Å²) in [6.07, 6.45) is 4.26. The molecule has 2 rings (SSSR count). The van der Waals surface area contributed by atoms with Gasteiger partial charge in [0, 0.05) is 6.54 Å². The summed E-state index contributed by atoms with van der Waals surface area (Å²) in [5, 5.41) is 3.39. The van der Waals surface area contributed by atoms with Gasteiger partial charge in [-0.1, -0.05) is 26.7 Å². The van der Waals surface area contributed by atoms with Crippen molar-refractivity contribution < 1.29 is 4.79 Å². The van der Waals surface area contributed by atoms with Crippen molar-refractivity contribution in [3.8, 4) is 0 Å². The molecule has 1 aromatic carbocycles. The third-order valence-corrected chi connectivity index (χ3v) is 4.19. The molecule has 0 saturated carbocycles. The van der Waals surface area contributed by atoms with Crippen LogP contribution in [-0.4, -0.2) is 18.5 Å². The van der Waals surface area contributed by atoms with Gasteiger partial charge in [-0.15, -0.1) is 0 Å². The van der Waals surface area contributed by atoms with Crippen molar-refractivity contribution in [1.29, 1.82) is 0 Å². The van der Waals surface area contributed by atoms with E-state index in [9.17, 15) is 4.79 Å². The smallest absolute Gasteiger partial charge is 0.249 e. The number of aryl methyl sites for hydroxylation is 2. The van der Waals surface area contributed by atoms with Gasteiger partial charge in [-0.25, -0.2) is 0 Å². The van der Waals surface area contributed by atoms with Crippen LogP contribution in [0.1, 0.15) is 50.7 Å². The minimum atomic E-state index is -0.0776. The molecule has 0 bridgehead atoms. The van der Waals surface area contributed by atoms with E-state index in [4.69, 9.17) is 0 Å². The summed E-state index contributed by atoms with van der Waals surface area (Å²) < 4.78 is 0. The van der Waals surface area contributed by atoms with E-state index in [1.54, 1.807) is 0 Å². The molecule has 3 nitrogen and oxygen atoms in total. The average molecular weight is 274 g/mol. The number of fused-ring (bicyclic) bond motifs is 1. The van der Waals surface area contributed by atoms with E-state index >= 15 is 0 Å². The summed E-state index contributed by atoms with van der Waals surface area (Å²) in [6.45, 7) is 9.31. The summed E-state index contributed by atoms with van der Waals surface area (Å²) >= 11 is 0. The lowest BCUT2D eigenvalue weighted by Gasteiger charge is -2.35. The first-order valence-corrected chi connectivity index (χ1v) is 7.77. The van der Waals surface area contributed by atoms with Gasteiger partial charge < -0.3 is 10.2 Å². The van der Waals surface area contributed by atoms with E-state index in [2.05, 4.69) is 45.1 Å². The third-order valence-electron chi connectivity index (χ3n) is 4.19. The Bertz CT molecular complexity index is 496. The maximum absolute atomic E-state index is 12.6. The van der Waals surface area contributed by atoms with E-state index in [0.717, 1.165) is 30.8 Å². The molecule has 1 atom stereocenters. The van der Waals surface area contributed by atoms with Crippen molar-refractivity contribution >= 4 is 17.3 Å². The Morgan fingerprint density at radius 3 is 2.50 bits per heavy atom. The Morgan fingerprint density at radius 1 is 1.15 bits per heavy atom. The lowest BCUT2D eigenvalue weighted by atomic mass is 10.0. The molecule has 0 spiro atoms. The fourth-order valence-electron chi connectivity index (χ4n) is 2.72. The first-order valence-electron chi connectivity index (χ1n) is 7.77. The number of benzene rings is 1. The van der Waals surface area contributed by atoms with Crippen LogP contribution in [0.25, 0.3) is 0 Å². The monoisotopic (exact) mass is 274 g/mol. The molecule has 1 N–H and O–H groups in total. The van der Waals surface area contributed by atoms with Crippen molar-refractivity contribution in [3.05, 3.63) is 23.3 Å². The minimum absolute atomic E-state index is 0.0776. The Balaban J connectivity index is 2.33. The number of carbonyl (C=O) groups is 1. The summed E-state index contributed by atoms with van der Waals surface area (Å²) in [5.41, 5.74) is 4.68. The van der Waals surface area contributed by atoms with E-state index in [0.29, 0.717) is 0 Å².